The maximum absolute atomic E-state index is 12.8. The van der Waals surface area contributed by atoms with Crippen molar-refractivity contribution in [3.8, 4) is 0 Å². The van der Waals surface area contributed by atoms with Gasteiger partial charge in [0, 0.05) is 32.9 Å². The third-order valence-electron chi connectivity index (χ3n) is 5.23. The van der Waals surface area contributed by atoms with Crippen molar-refractivity contribution in [3.63, 3.8) is 0 Å². The van der Waals surface area contributed by atoms with Crippen molar-refractivity contribution in [1.82, 2.24) is 14.2 Å². The van der Waals surface area contributed by atoms with Crippen molar-refractivity contribution in [3.05, 3.63) is 30.1 Å². The smallest absolute Gasteiger partial charge is 0.272 e. The molecule has 25 heavy (non-hydrogen) atoms. The van der Waals surface area contributed by atoms with E-state index >= 15 is 0 Å². The lowest BCUT2D eigenvalue weighted by Crippen LogP contribution is -2.56. The van der Waals surface area contributed by atoms with Crippen LogP contribution in [0.15, 0.2) is 24.4 Å². The summed E-state index contributed by atoms with van der Waals surface area (Å²) >= 11 is 0. The van der Waals surface area contributed by atoms with Crippen LogP contribution in [0.25, 0.3) is 0 Å². The summed E-state index contributed by atoms with van der Waals surface area (Å²) in [6.45, 7) is 1.58. The Morgan fingerprint density at radius 3 is 3.00 bits per heavy atom. The normalized spacial score (nSPS) is 33.4. The third-order valence-corrected chi connectivity index (χ3v) is 7.60. The molecule has 1 spiro atoms. The van der Waals surface area contributed by atoms with Gasteiger partial charge in [-0.15, -0.1) is 0 Å². The summed E-state index contributed by atoms with van der Waals surface area (Å²) in [5.41, 5.74) is -0.478. The molecule has 3 saturated heterocycles. The van der Waals surface area contributed by atoms with E-state index in [1.807, 2.05) is 0 Å². The summed E-state index contributed by atoms with van der Waals surface area (Å²) in [7, 11) is -1.90. The number of aromatic nitrogens is 1. The Kier molecular flexibility index (Phi) is 4.06. The fraction of sp³-hybridized carbons (Fsp3) is 0.625. The largest absolute Gasteiger partial charge is 0.383 e. The van der Waals surface area contributed by atoms with Gasteiger partial charge in [-0.1, -0.05) is 6.07 Å². The second-order valence-electron chi connectivity index (χ2n) is 6.80. The third kappa shape index (κ3) is 2.66. The zero-order valence-corrected chi connectivity index (χ0v) is 14.8. The summed E-state index contributed by atoms with van der Waals surface area (Å²) in [6, 6.07) is 5.19. The molecule has 0 N–H and O–H groups in total. The highest BCUT2D eigenvalue weighted by atomic mass is 32.2. The van der Waals surface area contributed by atoms with E-state index in [1.165, 1.54) is 4.31 Å². The van der Waals surface area contributed by atoms with Crippen LogP contribution in [0.2, 0.25) is 0 Å². The molecule has 3 aliphatic rings. The molecule has 2 bridgehead atoms. The van der Waals surface area contributed by atoms with Gasteiger partial charge in [0.15, 0.2) is 0 Å². The van der Waals surface area contributed by atoms with Crippen molar-refractivity contribution in [2.24, 2.45) is 0 Å². The lowest BCUT2D eigenvalue weighted by atomic mass is 9.99. The Hall–Kier alpha value is -1.55. The number of likely N-dealkylation sites (tertiary alicyclic amines) is 1. The van der Waals surface area contributed by atoms with E-state index in [1.54, 1.807) is 36.4 Å². The van der Waals surface area contributed by atoms with Gasteiger partial charge in [-0.05, 0) is 18.6 Å². The summed E-state index contributed by atoms with van der Waals surface area (Å²) in [5.74, 6) is -0.179. The molecule has 0 unspecified atom stereocenters. The quantitative estimate of drug-likeness (QED) is 0.728. The minimum atomic E-state index is -3.44. The minimum absolute atomic E-state index is 0.179. The van der Waals surface area contributed by atoms with E-state index in [0.29, 0.717) is 31.8 Å². The molecule has 9 heteroatoms. The molecule has 0 radical (unpaired) electrons. The molecule has 0 aromatic carbocycles. The highest BCUT2D eigenvalue weighted by Gasteiger charge is 2.65. The molecule has 3 fully saturated rings. The van der Waals surface area contributed by atoms with Crippen LogP contribution in [0.5, 0.6) is 0 Å². The van der Waals surface area contributed by atoms with Crippen LogP contribution in [0, 0.1) is 0 Å². The molecule has 0 aliphatic carbocycles. The highest BCUT2D eigenvalue weighted by molar-refractivity contribution is 7.90. The minimum Gasteiger partial charge on any atom is -0.383 e. The number of ether oxygens (including phenoxy) is 2. The van der Waals surface area contributed by atoms with Crippen LogP contribution in [0.1, 0.15) is 16.9 Å². The summed E-state index contributed by atoms with van der Waals surface area (Å²) in [5, 5.41) is -0.594. The van der Waals surface area contributed by atoms with Gasteiger partial charge in [0.25, 0.3) is 5.91 Å². The number of hydrogen-bond acceptors (Lipinski definition) is 6. The Labute approximate surface area is 146 Å². The molecule has 0 saturated carbocycles. The zero-order valence-electron chi connectivity index (χ0n) is 14.0. The molecule has 1 aromatic heterocycles. The highest BCUT2D eigenvalue weighted by Crippen LogP contribution is 2.46. The number of morpholine rings is 1. The van der Waals surface area contributed by atoms with Crippen LogP contribution in [0.3, 0.4) is 0 Å². The van der Waals surface area contributed by atoms with E-state index in [9.17, 15) is 13.2 Å². The predicted molar refractivity (Wildman–Crippen MR) is 88.5 cm³/mol. The SMILES string of the molecule is COCCN1C[C@@]23CN(C(=O)c4ccccn4)C[C@@H](C[C@@H]2S1(=O)=O)O3. The van der Waals surface area contributed by atoms with Crippen molar-refractivity contribution >= 4 is 15.9 Å². The second-order valence-corrected chi connectivity index (χ2v) is 8.92. The Bertz CT molecular complexity index is 771. The standard InChI is InChI=1S/C16H21N3O5S/c1-23-7-6-19-11-16-10-18(15(20)13-4-2-3-5-17-13)9-12(24-16)8-14(16)25(19,21)22/h2-5,12,14H,6-11H2,1H3/t12-,14+,16+/m1/s1. The fourth-order valence-corrected chi connectivity index (χ4v) is 6.44. The summed E-state index contributed by atoms with van der Waals surface area (Å²) in [4.78, 5) is 18.5. The van der Waals surface area contributed by atoms with Gasteiger partial charge in [0.1, 0.15) is 16.5 Å². The van der Waals surface area contributed by atoms with E-state index in [4.69, 9.17) is 9.47 Å². The first-order valence-corrected chi connectivity index (χ1v) is 9.83. The van der Waals surface area contributed by atoms with Crippen LogP contribution < -0.4 is 0 Å². The number of carbonyl (C=O) groups is 1. The van der Waals surface area contributed by atoms with E-state index in [2.05, 4.69) is 4.98 Å². The Morgan fingerprint density at radius 2 is 2.28 bits per heavy atom. The average molecular weight is 367 g/mol. The number of pyridine rings is 1. The monoisotopic (exact) mass is 367 g/mol. The predicted octanol–water partition coefficient (Wildman–Crippen LogP) is -0.274. The molecule has 3 atom stereocenters. The molecular formula is C16H21N3O5S. The summed E-state index contributed by atoms with van der Waals surface area (Å²) in [6.07, 6.45) is 1.76. The van der Waals surface area contributed by atoms with Gasteiger partial charge in [-0.3, -0.25) is 9.78 Å². The van der Waals surface area contributed by atoms with Gasteiger partial charge in [-0.2, -0.15) is 4.31 Å². The first-order chi connectivity index (χ1) is 12.0. The van der Waals surface area contributed by atoms with Crippen LogP contribution in [-0.2, 0) is 19.5 Å². The maximum atomic E-state index is 12.8. The van der Waals surface area contributed by atoms with Gasteiger partial charge in [-0.25, -0.2) is 8.42 Å². The number of amides is 1. The van der Waals surface area contributed by atoms with Gasteiger partial charge in [0.05, 0.1) is 19.3 Å². The molecule has 4 rings (SSSR count). The fourth-order valence-electron chi connectivity index (χ4n) is 4.15. The zero-order chi connectivity index (χ0) is 17.7. The first kappa shape index (κ1) is 16.9. The second kappa shape index (κ2) is 6.01. The van der Waals surface area contributed by atoms with Crippen molar-refractivity contribution in [1.29, 1.82) is 0 Å². The first-order valence-electron chi connectivity index (χ1n) is 8.32. The lowest BCUT2D eigenvalue weighted by molar-refractivity contribution is -0.0982. The number of sulfonamides is 1. The lowest BCUT2D eigenvalue weighted by Gasteiger charge is -2.39. The molecule has 136 valence electrons. The number of nitrogens with zero attached hydrogens (tertiary/aromatic N) is 3. The molecule has 3 aliphatic heterocycles. The van der Waals surface area contributed by atoms with Crippen LogP contribution in [0.4, 0.5) is 0 Å². The molecule has 4 heterocycles. The van der Waals surface area contributed by atoms with Crippen molar-refractivity contribution < 1.29 is 22.7 Å². The van der Waals surface area contributed by atoms with Crippen LogP contribution >= 0.6 is 0 Å². The topological polar surface area (TPSA) is 89.0 Å². The van der Waals surface area contributed by atoms with Gasteiger partial charge < -0.3 is 14.4 Å². The van der Waals surface area contributed by atoms with Crippen LogP contribution in [-0.4, -0.2) is 85.4 Å². The van der Waals surface area contributed by atoms with Crippen molar-refractivity contribution in [2.75, 3.05) is 39.9 Å². The number of rotatable bonds is 4. The Balaban J connectivity index is 1.59. The van der Waals surface area contributed by atoms with Gasteiger partial charge >= 0.3 is 0 Å². The average Bonchev–Trinajstić information content (AvgIpc) is 2.98. The van der Waals surface area contributed by atoms with Gasteiger partial charge in [0.2, 0.25) is 10.0 Å². The molecule has 8 nitrogen and oxygen atoms in total. The van der Waals surface area contributed by atoms with E-state index in [0.717, 1.165) is 0 Å². The molecular weight excluding hydrogens is 346 g/mol. The molecule has 1 amide bonds. The number of carbonyl (C=O) groups excluding carboxylic acids is 1. The molecule has 1 aromatic rings. The van der Waals surface area contributed by atoms with E-state index < -0.39 is 20.9 Å². The summed E-state index contributed by atoms with van der Waals surface area (Å²) < 4.78 is 38.2. The number of fused-ring (bicyclic) bond motifs is 1. The van der Waals surface area contributed by atoms with E-state index in [-0.39, 0.29) is 25.1 Å². The number of hydrogen-bond donors (Lipinski definition) is 0. The van der Waals surface area contributed by atoms with Crippen molar-refractivity contribution in [2.45, 2.75) is 23.4 Å². The number of methoxy groups -OCH3 is 1. The maximum Gasteiger partial charge on any atom is 0.272 e. The Morgan fingerprint density at radius 1 is 1.44 bits per heavy atom.